The fourth-order valence-electron chi connectivity index (χ4n) is 1.87. The van der Waals surface area contributed by atoms with Crippen molar-refractivity contribution in [3.8, 4) is 0 Å². The summed E-state index contributed by atoms with van der Waals surface area (Å²) in [6, 6.07) is 6.99. The van der Waals surface area contributed by atoms with Crippen molar-refractivity contribution in [1.29, 1.82) is 0 Å². The molecule has 0 aliphatic carbocycles. The third kappa shape index (κ3) is 2.30. The van der Waals surface area contributed by atoms with Crippen LogP contribution in [0, 0.1) is 12.7 Å². The number of aromatic nitrogens is 2. The molecule has 0 spiro atoms. The van der Waals surface area contributed by atoms with Gasteiger partial charge in [-0.2, -0.15) is 4.98 Å². The molecule has 0 bridgehead atoms. The first kappa shape index (κ1) is 12.8. The van der Waals surface area contributed by atoms with Crippen LogP contribution in [0.25, 0.3) is 10.2 Å². The van der Waals surface area contributed by atoms with Gasteiger partial charge in [-0.05, 0) is 36.1 Å². The molecule has 2 aromatic heterocycles. The van der Waals surface area contributed by atoms with Gasteiger partial charge in [0.2, 0.25) is 5.95 Å². The number of nitrogens with one attached hydrogen (secondary N) is 2. The first-order chi connectivity index (χ1) is 9.67. The number of fused-ring (bicyclic) bond motifs is 1. The molecule has 0 unspecified atom stereocenters. The second-order valence-electron chi connectivity index (χ2n) is 4.37. The number of anilines is 3. The Bertz CT molecular complexity index is 769. The summed E-state index contributed by atoms with van der Waals surface area (Å²) >= 11 is 1.54. The molecule has 0 radical (unpaired) electrons. The minimum Gasteiger partial charge on any atom is -0.357 e. The molecule has 6 heteroatoms. The van der Waals surface area contributed by atoms with Crippen LogP contribution < -0.4 is 10.6 Å². The van der Waals surface area contributed by atoms with E-state index in [1.165, 1.54) is 6.07 Å². The normalized spacial score (nSPS) is 10.8. The standard InChI is InChI=1S/C14H13FN4S/c1-8-3-4-9(7-11(8)15)17-12-10-5-6-20-13(10)19-14(16-2)18-12/h3-7H,1-2H3,(H2,16,17,18,19). The molecular weight excluding hydrogens is 275 g/mol. The Hall–Kier alpha value is -2.21. The van der Waals surface area contributed by atoms with Gasteiger partial charge in [0.15, 0.2) is 0 Å². The molecule has 0 atom stereocenters. The van der Waals surface area contributed by atoms with Gasteiger partial charge in [-0.15, -0.1) is 11.3 Å². The van der Waals surface area contributed by atoms with Crippen molar-refractivity contribution in [3.63, 3.8) is 0 Å². The van der Waals surface area contributed by atoms with Gasteiger partial charge in [-0.25, -0.2) is 9.37 Å². The van der Waals surface area contributed by atoms with E-state index in [1.807, 2.05) is 17.5 Å². The summed E-state index contributed by atoms with van der Waals surface area (Å²) in [6.45, 7) is 1.74. The van der Waals surface area contributed by atoms with Crippen LogP contribution in [0.15, 0.2) is 29.6 Å². The average Bonchev–Trinajstić information content (AvgIpc) is 2.91. The van der Waals surface area contributed by atoms with Gasteiger partial charge in [0.1, 0.15) is 16.5 Å². The topological polar surface area (TPSA) is 49.8 Å². The number of thiophene rings is 1. The lowest BCUT2D eigenvalue weighted by Gasteiger charge is -2.09. The maximum absolute atomic E-state index is 13.6. The maximum atomic E-state index is 13.6. The molecule has 2 N–H and O–H groups in total. The predicted molar refractivity (Wildman–Crippen MR) is 81.4 cm³/mol. The summed E-state index contributed by atoms with van der Waals surface area (Å²) in [5.41, 5.74) is 1.29. The number of benzene rings is 1. The second-order valence-corrected chi connectivity index (χ2v) is 5.27. The third-order valence-electron chi connectivity index (χ3n) is 2.98. The number of aryl methyl sites for hydroxylation is 1. The van der Waals surface area contributed by atoms with Crippen LogP contribution in [0.1, 0.15) is 5.56 Å². The van der Waals surface area contributed by atoms with E-state index in [4.69, 9.17) is 0 Å². The summed E-state index contributed by atoms with van der Waals surface area (Å²) in [4.78, 5) is 9.65. The van der Waals surface area contributed by atoms with Crippen LogP contribution in [0.4, 0.5) is 21.8 Å². The highest BCUT2D eigenvalue weighted by atomic mass is 32.1. The fraction of sp³-hybridized carbons (Fsp3) is 0.143. The average molecular weight is 288 g/mol. The largest absolute Gasteiger partial charge is 0.357 e. The smallest absolute Gasteiger partial charge is 0.225 e. The Kier molecular flexibility index (Phi) is 3.23. The lowest BCUT2D eigenvalue weighted by atomic mass is 10.2. The maximum Gasteiger partial charge on any atom is 0.225 e. The highest BCUT2D eigenvalue weighted by Crippen LogP contribution is 2.29. The van der Waals surface area contributed by atoms with Gasteiger partial charge in [-0.3, -0.25) is 0 Å². The quantitative estimate of drug-likeness (QED) is 0.767. The lowest BCUT2D eigenvalue weighted by molar-refractivity contribution is 0.619. The van der Waals surface area contributed by atoms with Gasteiger partial charge in [0, 0.05) is 12.7 Å². The van der Waals surface area contributed by atoms with Gasteiger partial charge >= 0.3 is 0 Å². The minimum atomic E-state index is -0.237. The van der Waals surface area contributed by atoms with E-state index >= 15 is 0 Å². The molecule has 102 valence electrons. The van der Waals surface area contributed by atoms with Crippen molar-refractivity contribution < 1.29 is 4.39 Å². The Labute approximate surface area is 119 Å². The first-order valence-electron chi connectivity index (χ1n) is 6.13. The lowest BCUT2D eigenvalue weighted by Crippen LogP contribution is -2.01. The number of hydrogen-bond donors (Lipinski definition) is 2. The Morgan fingerprint density at radius 1 is 1.20 bits per heavy atom. The summed E-state index contributed by atoms with van der Waals surface area (Å²) in [6.07, 6.45) is 0. The van der Waals surface area contributed by atoms with E-state index in [2.05, 4.69) is 20.6 Å². The van der Waals surface area contributed by atoms with Crippen molar-refractivity contribution in [1.82, 2.24) is 9.97 Å². The van der Waals surface area contributed by atoms with Crippen molar-refractivity contribution in [2.24, 2.45) is 0 Å². The van der Waals surface area contributed by atoms with Crippen molar-refractivity contribution in [2.45, 2.75) is 6.92 Å². The van der Waals surface area contributed by atoms with Crippen LogP contribution in [0.5, 0.6) is 0 Å². The number of nitrogens with zero attached hydrogens (tertiary/aromatic N) is 2. The molecule has 0 amide bonds. The SMILES string of the molecule is CNc1nc(Nc2ccc(C)c(F)c2)c2ccsc2n1. The van der Waals surface area contributed by atoms with Crippen LogP contribution >= 0.6 is 11.3 Å². The van der Waals surface area contributed by atoms with E-state index in [-0.39, 0.29) is 5.82 Å². The van der Waals surface area contributed by atoms with E-state index in [1.54, 1.807) is 31.4 Å². The van der Waals surface area contributed by atoms with Crippen molar-refractivity contribution in [2.75, 3.05) is 17.7 Å². The zero-order chi connectivity index (χ0) is 14.1. The van der Waals surface area contributed by atoms with Crippen molar-refractivity contribution in [3.05, 3.63) is 41.0 Å². The van der Waals surface area contributed by atoms with Crippen LogP contribution in [-0.2, 0) is 0 Å². The molecular formula is C14H13FN4S. The van der Waals surface area contributed by atoms with E-state index in [9.17, 15) is 4.39 Å². The van der Waals surface area contributed by atoms with Crippen LogP contribution in [0.2, 0.25) is 0 Å². The first-order valence-corrected chi connectivity index (χ1v) is 7.01. The van der Waals surface area contributed by atoms with Gasteiger partial charge < -0.3 is 10.6 Å². The minimum absolute atomic E-state index is 0.237. The Balaban J connectivity index is 2.04. The molecule has 20 heavy (non-hydrogen) atoms. The summed E-state index contributed by atoms with van der Waals surface area (Å²) in [5, 5.41) is 8.96. The van der Waals surface area contributed by atoms with Crippen molar-refractivity contribution >= 4 is 39.0 Å². The van der Waals surface area contributed by atoms with Crippen LogP contribution in [-0.4, -0.2) is 17.0 Å². The Morgan fingerprint density at radius 2 is 2.05 bits per heavy atom. The van der Waals surface area contributed by atoms with E-state index in [0.29, 0.717) is 23.0 Å². The summed E-state index contributed by atoms with van der Waals surface area (Å²) in [5.74, 6) is 0.971. The molecule has 3 rings (SSSR count). The van der Waals surface area contributed by atoms with Gasteiger partial charge in [0.25, 0.3) is 0 Å². The highest BCUT2D eigenvalue weighted by Gasteiger charge is 2.09. The molecule has 4 nitrogen and oxygen atoms in total. The second kappa shape index (κ2) is 5.05. The molecule has 1 aromatic carbocycles. The zero-order valence-corrected chi connectivity index (χ0v) is 11.9. The Morgan fingerprint density at radius 3 is 2.80 bits per heavy atom. The monoisotopic (exact) mass is 288 g/mol. The molecule has 3 aromatic rings. The zero-order valence-electron chi connectivity index (χ0n) is 11.1. The molecule has 0 aliphatic heterocycles. The molecule has 0 aliphatic rings. The molecule has 0 saturated carbocycles. The highest BCUT2D eigenvalue weighted by molar-refractivity contribution is 7.16. The van der Waals surface area contributed by atoms with E-state index < -0.39 is 0 Å². The molecule has 0 saturated heterocycles. The van der Waals surface area contributed by atoms with Gasteiger partial charge in [-0.1, -0.05) is 6.07 Å². The summed E-state index contributed by atoms with van der Waals surface area (Å²) in [7, 11) is 1.77. The molecule has 0 fully saturated rings. The third-order valence-corrected chi connectivity index (χ3v) is 3.79. The number of rotatable bonds is 3. The van der Waals surface area contributed by atoms with Gasteiger partial charge in [0.05, 0.1) is 5.39 Å². The van der Waals surface area contributed by atoms with Crippen LogP contribution in [0.3, 0.4) is 0 Å². The number of halogens is 1. The predicted octanol–water partition coefficient (Wildman–Crippen LogP) is 3.92. The number of hydrogen-bond acceptors (Lipinski definition) is 5. The van der Waals surface area contributed by atoms with E-state index in [0.717, 1.165) is 10.2 Å². The fourth-order valence-corrected chi connectivity index (χ4v) is 2.63. The molecule has 2 heterocycles. The summed E-state index contributed by atoms with van der Waals surface area (Å²) < 4.78 is 13.6.